The molecule has 0 aromatic heterocycles. The van der Waals surface area contributed by atoms with E-state index in [1.807, 2.05) is 0 Å². The molecule has 3 N–H and O–H groups in total. The van der Waals surface area contributed by atoms with E-state index in [-0.39, 0.29) is 5.97 Å². The van der Waals surface area contributed by atoms with Crippen molar-refractivity contribution in [1.29, 1.82) is 0 Å². The number of hydrogen-bond acceptors (Lipinski definition) is 4. The predicted molar refractivity (Wildman–Crippen MR) is 95.0 cm³/mol. The van der Waals surface area contributed by atoms with Gasteiger partial charge in [-0.2, -0.15) is 0 Å². The number of primary amides is 1. The van der Waals surface area contributed by atoms with Crippen LogP contribution in [0.2, 0.25) is 0 Å². The topological polar surface area (TPSA) is 98.5 Å². The van der Waals surface area contributed by atoms with Crippen molar-refractivity contribution in [3.8, 4) is 0 Å². The Morgan fingerprint density at radius 2 is 1.80 bits per heavy atom. The highest BCUT2D eigenvalue weighted by Crippen LogP contribution is 2.27. The Morgan fingerprint density at radius 1 is 1.16 bits per heavy atom. The van der Waals surface area contributed by atoms with E-state index in [0.29, 0.717) is 23.6 Å². The monoisotopic (exact) mass is 346 g/mol. The molecule has 2 rings (SSSR count). The molecule has 0 spiro atoms. The van der Waals surface area contributed by atoms with Crippen LogP contribution in [0, 0.1) is 5.92 Å². The van der Waals surface area contributed by atoms with Crippen LogP contribution >= 0.6 is 0 Å². The van der Waals surface area contributed by atoms with Gasteiger partial charge in [-0.25, -0.2) is 0 Å². The first-order valence-corrected chi connectivity index (χ1v) is 8.86. The second-order valence-electron chi connectivity index (χ2n) is 6.61. The highest BCUT2D eigenvalue weighted by Gasteiger charge is 2.20. The zero-order chi connectivity index (χ0) is 18.2. The second kappa shape index (κ2) is 9.20. The molecule has 1 aromatic carbocycles. The molecule has 1 saturated carbocycles. The van der Waals surface area contributed by atoms with Gasteiger partial charge in [0.25, 0.3) is 5.91 Å². The van der Waals surface area contributed by atoms with Crippen LogP contribution in [0.25, 0.3) is 0 Å². The summed E-state index contributed by atoms with van der Waals surface area (Å²) in [5.74, 6) is -0.664. The molecule has 1 atom stereocenters. The summed E-state index contributed by atoms with van der Waals surface area (Å²) in [5, 5.41) is 2.65. The predicted octanol–water partition coefficient (Wildman–Crippen LogP) is 3.02. The normalized spacial score (nSPS) is 16.0. The Kier molecular flexibility index (Phi) is 6.98. The number of nitrogens with one attached hydrogen (secondary N) is 1. The van der Waals surface area contributed by atoms with Crippen LogP contribution in [0.5, 0.6) is 0 Å². The molecule has 1 fully saturated rings. The second-order valence-corrected chi connectivity index (χ2v) is 6.61. The molecule has 0 heterocycles. The molecule has 1 aromatic rings. The van der Waals surface area contributed by atoms with Crippen molar-refractivity contribution in [2.45, 2.75) is 58.0 Å². The zero-order valence-electron chi connectivity index (χ0n) is 14.6. The molecule has 25 heavy (non-hydrogen) atoms. The first-order valence-electron chi connectivity index (χ1n) is 8.86. The van der Waals surface area contributed by atoms with Gasteiger partial charge in [0.2, 0.25) is 5.91 Å². The highest BCUT2D eigenvalue weighted by atomic mass is 16.5. The van der Waals surface area contributed by atoms with E-state index >= 15 is 0 Å². The highest BCUT2D eigenvalue weighted by molar-refractivity contribution is 5.96. The number of benzene rings is 1. The van der Waals surface area contributed by atoms with Crippen molar-refractivity contribution in [3.05, 3.63) is 29.8 Å². The van der Waals surface area contributed by atoms with Crippen molar-refractivity contribution < 1.29 is 19.1 Å². The first kappa shape index (κ1) is 19.0. The van der Waals surface area contributed by atoms with Gasteiger partial charge in [0, 0.05) is 17.7 Å². The van der Waals surface area contributed by atoms with E-state index in [4.69, 9.17) is 10.5 Å². The van der Waals surface area contributed by atoms with E-state index < -0.39 is 17.9 Å². The van der Waals surface area contributed by atoms with Gasteiger partial charge in [0.1, 0.15) is 0 Å². The fourth-order valence-corrected chi connectivity index (χ4v) is 3.07. The van der Waals surface area contributed by atoms with Crippen molar-refractivity contribution in [2.24, 2.45) is 11.7 Å². The minimum atomic E-state index is -0.866. The Morgan fingerprint density at radius 3 is 2.40 bits per heavy atom. The average Bonchev–Trinajstić information content (AvgIpc) is 2.61. The number of esters is 1. The number of carbonyl (C=O) groups excluding carboxylic acids is 3. The number of anilines is 1. The standard InChI is InChI=1S/C19H26N2O4/c1-13(25-17(22)12-7-14-5-3-2-4-6-14)19(24)21-16-10-8-15(9-11-16)18(20)23/h8-11,13-14H,2-7,12H2,1H3,(H2,20,23)(H,21,24)/t13-/m0/s1. The molecule has 0 radical (unpaired) electrons. The Bertz CT molecular complexity index is 606. The van der Waals surface area contributed by atoms with E-state index in [1.54, 1.807) is 19.1 Å². The third kappa shape index (κ3) is 6.21. The first-order chi connectivity index (χ1) is 12.0. The van der Waals surface area contributed by atoms with Crippen LogP contribution in [0.1, 0.15) is 62.2 Å². The third-order valence-electron chi connectivity index (χ3n) is 4.60. The lowest BCUT2D eigenvalue weighted by atomic mass is 9.86. The summed E-state index contributed by atoms with van der Waals surface area (Å²) < 4.78 is 5.21. The molecule has 2 amide bonds. The average molecular weight is 346 g/mol. The molecule has 1 aliphatic carbocycles. The van der Waals surface area contributed by atoms with Gasteiger partial charge in [-0.1, -0.05) is 32.1 Å². The lowest BCUT2D eigenvalue weighted by molar-refractivity contribution is -0.153. The van der Waals surface area contributed by atoms with Crippen LogP contribution in [0.15, 0.2) is 24.3 Å². The molecule has 6 heteroatoms. The molecule has 0 bridgehead atoms. The van der Waals surface area contributed by atoms with Crippen LogP contribution in [0.4, 0.5) is 5.69 Å². The zero-order valence-corrected chi connectivity index (χ0v) is 14.6. The summed E-state index contributed by atoms with van der Waals surface area (Å²) in [6, 6.07) is 6.21. The number of nitrogens with two attached hydrogens (primary N) is 1. The fourth-order valence-electron chi connectivity index (χ4n) is 3.07. The van der Waals surface area contributed by atoms with Crippen LogP contribution in [0.3, 0.4) is 0 Å². The summed E-state index contributed by atoms with van der Waals surface area (Å²) in [6.45, 7) is 1.55. The molecule has 6 nitrogen and oxygen atoms in total. The van der Waals surface area contributed by atoms with Gasteiger partial charge in [0.15, 0.2) is 6.10 Å². The summed E-state index contributed by atoms with van der Waals surface area (Å²) in [4.78, 5) is 35.0. The SMILES string of the molecule is C[C@H](OC(=O)CCC1CCCCC1)C(=O)Nc1ccc(C(N)=O)cc1. The minimum Gasteiger partial charge on any atom is -0.453 e. The summed E-state index contributed by atoms with van der Waals surface area (Å²) in [6.07, 6.45) is 6.47. The molecule has 136 valence electrons. The number of hydrogen-bond donors (Lipinski definition) is 2. The van der Waals surface area contributed by atoms with E-state index in [1.165, 1.54) is 44.2 Å². The summed E-state index contributed by atoms with van der Waals surface area (Å²) >= 11 is 0. The van der Waals surface area contributed by atoms with Crippen molar-refractivity contribution in [2.75, 3.05) is 5.32 Å². The van der Waals surface area contributed by atoms with E-state index in [2.05, 4.69) is 5.32 Å². The van der Waals surface area contributed by atoms with Crippen LogP contribution in [-0.2, 0) is 14.3 Å². The molecule has 0 saturated heterocycles. The maximum atomic E-state index is 12.1. The molecular weight excluding hydrogens is 320 g/mol. The number of amides is 2. The Balaban J connectivity index is 1.74. The summed E-state index contributed by atoms with van der Waals surface area (Å²) in [5.41, 5.74) is 6.04. The van der Waals surface area contributed by atoms with Crippen LogP contribution < -0.4 is 11.1 Å². The lowest BCUT2D eigenvalue weighted by Crippen LogP contribution is -2.30. The van der Waals surface area contributed by atoms with Gasteiger partial charge in [-0.3, -0.25) is 14.4 Å². The fraction of sp³-hybridized carbons (Fsp3) is 0.526. The van der Waals surface area contributed by atoms with Crippen molar-refractivity contribution >= 4 is 23.5 Å². The Hall–Kier alpha value is -2.37. The largest absolute Gasteiger partial charge is 0.453 e. The smallest absolute Gasteiger partial charge is 0.306 e. The molecule has 0 unspecified atom stereocenters. The van der Waals surface area contributed by atoms with Crippen LogP contribution in [-0.4, -0.2) is 23.9 Å². The number of carbonyl (C=O) groups is 3. The van der Waals surface area contributed by atoms with Crippen molar-refractivity contribution in [1.82, 2.24) is 0 Å². The number of rotatable bonds is 7. The lowest BCUT2D eigenvalue weighted by Gasteiger charge is -2.21. The van der Waals surface area contributed by atoms with Gasteiger partial charge in [0.05, 0.1) is 0 Å². The summed E-state index contributed by atoms with van der Waals surface area (Å²) in [7, 11) is 0. The van der Waals surface area contributed by atoms with E-state index in [9.17, 15) is 14.4 Å². The number of ether oxygens (including phenoxy) is 1. The van der Waals surface area contributed by atoms with Gasteiger partial charge in [-0.15, -0.1) is 0 Å². The van der Waals surface area contributed by atoms with Crippen molar-refractivity contribution in [3.63, 3.8) is 0 Å². The van der Waals surface area contributed by atoms with Gasteiger partial charge >= 0.3 is 5.97 Å². The Labute approximate surface area is 148 Å². The maximum absolute atomic E-state index is 12.1. The van der Waals surface area contributed by atoms with Gasteiger partial charge < -0.3 is 15.8 Å². The third-order valence-corrected chi connectivity index (χ3v) is 4.60. The quantitative estimate of drug-likeness (QED) is 0.741. The molecular formula is C19H26N2O4. The van der Waals surface area contributed by atoms with E-state index in [0.717, 1.165) is 6.42 Å². The molecule has 0 aliphatic heterocycles. The molecule has 1 aliphatic rings. The maximum Gasteiger partial charge on any atom is 0.306 e. The van der Waals surface area contributed by atoms with Gasteiger partial charge in [-0.05, 0) is 43.5 Å². The minimum absolute atomic E-state index is 0.336.